The fraction of sp³-hybridized carbons (Fsp3) is 0.690. The van der Waals surface area contributed by atoms with E-state index in [2.05, 4.69) is 15.5 Å². The Bertz CT molecular complexity index is 913. The van der Waals surface area contributed by atoms with Crippen molar-refractivity contribution in [1.29, 1.82) is 0 Å². The van der Waals surface area contributed by atoms with Crippen LogP contribution in [-0.2, 0) is 30.3 Å². The molecule has 38 heavy (non-hydrogen) atoms. The van der Waals surface area contributed by atoms with Gasteiger partial charge in [0.2, 0.25) is 11.8 Å². The van der Waals surface area contributed by atoms with Crippen LogP contribution in [0.2, 0.25) is 0 Å². The van der Waals surface area contributed by atoms with Crippen molar-refractivity contribution in [3.05, 3.63) is 29.8 Å². The number of nitrogens with one attached hydrogen (secondary N) is 2. The van der Waals surface area contributed by atoms with Crippen LogP contribution in [-0.4, -0.2) is 87.2 Å². The number of nitrogens with zero attached hydrogens (tertiary/aromatic N) is 1. The van der Waals surface area contributed by atoms with Crippen molar-refractivity contribution in [1.82, 2.24) is 15.5 Å². The van der Waals surface area contributed by atoms with Gasteiger partial charge < -0.3 is 24.8 Å². The van der Waals surface area contributed by atoms with Gasteiger partial charge in [0.25, 0.3) is 0 Å². The van der Waals surface area contributed by atoms with Gasteiger partial charge >= 0.3 is 0 Å². The molecular formula is C29H43N3O6. The van der Waals surface area contributed by atoms with Crippen molar-refractivity contribution in [2.75, 3.05) is 52.6 Å². The molecule has 2 N–H and O–H groups in total. The average molecular weight is 530 g/mol. The molecule has 2 saturated heterocycles. The minimum atomic E-state index is -0.652. The van der Waals surface area contributed by atoms with Crippen LogP contribution in [0.4, 0.5) is 0 Å². The molecular weight excluding hydrogens is 486 g/mol. The Hall–Kier alpha value is -2.49. The molecule has 2 fully saturated rings. The quantitative estimate of drug-likeness (QED) is 0.582. The smallest absolute Gasteiger partial charge is 0.242 e. The van der Waals surface area contributed by atoms with Gasteiger partial charge in [-0.3, -0.25) is 19.3 Å². The first-order valence-corrected chi connectivity index (χ1v) is 14.3. The minimum absolute atomic E-state index is 0.0314. The zero-order valence-electron chi connectivity index (χ0n) is 22.5. The molecule has 3 aliphatic heterocycles. The Morgan fingerprint density at radius 3 is 2.71 bits per heavy atom. The van der Waals surface area contributed by atoms with E-state index >= 15 is 0 Å². The molecule has 4 rings (SSSR count). The number of fused-ring (bicyclic) bond motifs is 2. The molecule has 9 heteroatoms. The van der Waals surface area contributed by atoms with Gasteiger partial charge in [-0.2, -0.15) is 0 Å². The SMILES string of the molecule is O=C1CCc2cccc(c2)OCCCC[C@@H](C(=O)NC[C@@H]2CCCO2)NC(=O)[C@H](CCN2CCOCC2)C1. The lowest BCUT2D eigenvalue weighted by Crippen LogP contribution is -2.50. The number of ketones is 1. The molecule has 0 saturated carbocycles. The van der Waals surface area contributed by atoms with E-state index in [-0.39, 0.29) is 30.1 Å². The zero-order chi connectivity index (χ0) is 26.6. The fourth-order valence-electron chi connectivity index (χ4n) is 5.28. The van der Waals surface area contributed by atoms with Gasteiger partial charge in [-0.25, -0.2) is 0 Å². The van der Waals surface area contributed by atoms with Crippen LogP contribution in [0.5, 0.6) is 5.75 Å². The number of morpholine rings is 1. The third-order valence-electron chi connectivity index (χ3n) is 7.65. The number of hydrogen-bond acceptors (Lipinski definition) is 7. The van der Waals surface area contributed by atoms with E-state index in [9.17, 15) is 14.4 Å². The average Bonchev–Trinajstić information content (AvgIpc) is 3.46. The summed E-state index contributed by atoms with van der Waals surface area (Å²) < 4.78 is 17.0. The highest BCUT2D eigenvalue weighted by atomic mass is 16.5. The Morgan fingerprint density at radius 2 is 1.89 bits per heavy atom. The van der Waals surface area contributed by atoms with Crippen LogP contribution in [0.1, 0.15) is 56.9 Å². The van der Waals surface area contributed by atoms with Crippen LogP contribution in [0, 0.1) is 5.92 Å². The molecule has 0 aliphatic carbocycles. The highest BCUT2D eigenvalue weighted by Crippen LogP contribution is 2.19. The van der Waals surface area contributed by atoms with Crippen molar-refractivity contribution >= 4 is 17.6 Å². The lowest BCUT2D eigenvalue weighted by Gasteiger charge is -2.28. The van der Waals surface area contributed by atoms with Crippen LogP contribution in [0.15, 0.2) is 24.3 Å². The number of rotatable bonds is 6. The fourth-order valence-corrected chi connectivity index (χ4v) is 5.28. The molecule has 3 heterocycles. The number of hydrogen-bond donors (Lipinski definition) is 2. The first-order valence-electron chi connectivity index (χ1n) is 14.3. The molecule has 3 aliphatic rings. The molecule has 9 nitrogen and oxygen atoms in total. The number of aryl methyl sites for hydroxylation is 1. The number of Topliss-reactive ketones (excluding diaryl/α,β-unsaturated/α-hetero) is 1. The zero-order valence-corrected chi connectivity index (χ0v) is 22.5. The summed E-state index contributed by atoms with van der Waals surface area (Å²) in [4.78, 5) is 41.9. The van der Waals surface area contributed by atoms with Gasteiger partial charge in [-0.1, -0.05) is 12.1 Å². The third-order valence-corrected chi connectivity index (χ3v) is 7.65. The summed E-state index contributed by atoms with van der Waals surface area (Å²) in [6.07, 6.45) is 5.72. The number of benzene rings is 1. The van der Waals surface area contributed by atoms with Crippen LogP contribution >= 0.6 is 0 Å². The summed E-state index contributed by atoms with van der Waals surface area (Å²) in [7, 11) is 0. The van der Waals surface area contributed by atoms with Gasteiger partial charge in [0.15, 0.2) is 0 Å². The van der Waals surface area contributed by atoms with Crippen LogP contribution in [0.25, 0.3) is 0 Å². The van der Waals surface area contributed by atoms with Crippen molar-refractivity contribution in [3.63, 3.8) is 0 Å². The summed E-state index contributed by atoms with van der Waals surface area (Å²) >= 11 is 0. The van der Waals surface area contributed by atoms with Gasteiger partial charge in [-0.05, 0) is 69.2 Å². The predicted molar refractivity (Wildman–Crippen MR) is 143 cm³/mol. The Morgan fingerprint density at radius 1 is 1.03 bits per heavy atom. The first-order chi connectivity index (χ1) is 18.6. The van der Waals surface area contributed by atoms with E-state index in [1.165, 1.54) is 0 Å². The lowest BCUT2D eigenvalue weighted by molar-refractivity contribution is -0.133. The Kier molecular flexibility index (Phi) is 11.4. The summed E-state index contributed by atoms with van der Waals surface area (Å²) in [6.45, 7) is 5.46. The number of amides is 2. The maximum absolute atomic E-state index is 13.5. The molecule has 0 unspecified atom stereocenters. The summed E-state index contributed by atoms with van der Waals surface area (Å²) in [5.74, 6) is -0.0213. The van der Waals surface area contributed by atoms with E-state index < -0.39 is 12.0 Å². The van der Waals surface area contributed by atoms with E-state index in [1.807, 2.05) is 24.3 Å². The Labute approximate surface area is 225 Å². The topological polar surface area (TPSA) is 106 Å². The van der Waals surface area contributed by atoms with E-state index in [0.29, 0.717) is 52.0 Å². The molecule has 0 radical (unpaired) electrons. The van der Waals surface area contributed by atoms with Crippen molar-refractivity contribution in [3.8, 4) is 5.75 Å². The molecule has 0 aromatic heterocycles. The van der Waals surface area contributed by atoms with Crippen LogP contribution < -0.4 is 15.4 Å². The van der Waals surface area contributed by atoms with Gasteiger partial charge in [-0.15, -0.1) is 0 Å². The summed E-state index contributed by atoms with van der Waals surface area (Å²) in [5.41, 5.74) is 1.06. The number of carbonyl (C=O) groups is 3. The van der Waals surface area contributed by atoms with E-state index in [0.717, 1.165) is 63.2 Å². The lowest BCUT2D eigenvalue weighted by atomic mass is 9.93. The first kappa shape index (κ1) is 28.5. The highest BCUT2D eigenvalue weighted by Gasteiger charge is 2.28. The largest absolute Gasteiger partial charge is 0.494 e. The molecule has 1 aromatic carbocycles. The number of ether oxygens (including phenoxy) is 3. The summed E-state index contributed by atoms with van der Waals surface area (Å²) in [6, 6.07) is 7.22. The van der Waals surface area contributed by atoms with Crippen molar-refractivity contribution in [2.24, 2.45) is 5.92 Å². The predicted octanol–water partition coefficient (Wildman–Crippen LogP) is 2.26. The van der Waals surface area contributed by atoms with Crippen molar-refractivity contribution in [2.45, 2.75) is 69.9 Å². The Balaban J connectivity index is 1.44. The standard InChI is InChI=1S/C29H43N3O6/c33-24-10-9-22-5-3-6-25(19-22)37-15-2-1-8-27(29(35)30-21-26-7-4-16-38-26)31-28(34)23(20-24)11-12-32-13-17-36-18-14-32/h3,5-6,19,23,26-27H,1-2,4,7-18,20-21H2,(H,30,35)(H,31,34)/t23-,26+,27+/m1/s1. The molecule has 2 bridgehead atoms. The number of carbonyl (C=O) groups excluding carboxylic acids is 3. The third kappa shape index (κ3) is 9.36. The second-order valence-electron chi connectivity index (χ2n) is 10.6. The summed E-state index contributed by atoms with van der Waals surface area (Å²) in [5, 5.41) is 5.99. The monoisotopic (exact) mass is 529 g/mol. The highest BCUT2D eigenvalue weighted by molar-refractivity contribution is 5.91. The van der Waals surface area contributed by atoms with Gasteiger partial charge in [0.1, 0.15) is 17.6 Å². The second kappa shape index (κ2) is 15.2. The van der Waals surface area contributed by atoms with Gasteiger partial charge in [0, 0.05) is 45.0 Å². The van der Waals surface area contributed by atoms with E-state index in [4.69, 9.17) is 14.2 Å². The maximum Gasteiger partial charge on any atom is 0.242 e. The normalized spacial score (nSPS) is 26.4. The van der Waals surface area contributed by atoms with Crippen molar-refractivity contribution < 1.29 is 28.6 Å². The molecule has 3 atom stereocenters. The molecule has 0 spiro atoms. The molecule has 210 valence electrons. The maximum atomic E-state index is 13.5. The van der Waals surface area contributed by atoms with Crippen LogP contribution in [0.3, 0.4) is 0 Å². The molecule has 1 aromatic rings. The second-order valence-corrected chi connectivity index (χ2v) is 10.6. The minimum Gasteiger partial charge on any atom is -0.494 e. The van der Waals surface area contributed by atoms with Gasteiger partial charge in [0.05, 0.1) is 25.9 Å². The molecule has 2 amide bonds. The van der Waals surface area contributed by atoms with E-state index in [1.54, 1.807) is 0 Å².